The van der Waals surface area contributed by atoms with Crippen LogP contribution in [-0.4, -0.2) is 52.8 Å². The van der Waals surface area contributed by atoms with Gasteiger partial charge in [-0.05, 0) is 81.6 Å². The van der Waals surface area contributed by atoms with E-state index in [-0.39, 0.29) is 5.92 Å². The Balaban J connectivity index is 0.000000501. The minimum absolute atomic E-state index is 0.0806. The van der Waals surface area contributed by atoms with Gasteiger partial charge in [-0.1, -0.05) is 48.0 Å². The fraction of sp³-hybridized carbons (Fsp3) is 0.417. The number of nitrogens with zero attached hydrogens (tertiary/aromatic N) is 1. The summed E-state index contributed by atoms with van der Waals surface area (Å²) in [6, 6.07) is 16.5. The smallest absolute Gasteiger partial charge is 0.414 e. The molecule has 0 aromatic heterocycles. The van der Waals surface area contributed by atoms with E-state index in [9.17, 15) is 5.11 Å². The van der Waals surface area contributed by atoms with Crippen molar-refractivity contribution in [1.29, 1.82) is 0 Å². The van der Waals surface area contributed by atoms with Crippen molar-refractivity contribution in [2.24, 2.45) is 0 Å². The zero-order chi connectivity index (χ0) is 23.0. The predicted octanol–water partition coefficient (Wildman–Crippen LogP) is 4.15. The SMILES string of the molecule is CN(C)CCC[C@@]1(O)c2ccccc2CCC[C@@H]1c1cccc(Cl)c1.O=C(O)C(=O)O. The summed E-state index contributed by atoms with van der Waals surface area (Å²) in [4.78, 5) is 20.4. The Kier molecular flexibility index (Phi) is 9.04. The lowest BCUT2D eigenvalue weighted by Gasteiger charge is -2.37. The monoisotopic (exact) mass is 447 g/mol. The molecule has 0 radical (unpaired) electrons. The number of halogens is 1. The molecule has 3 N–H and O–H groups in total. The van der Waals surface area contributed by atoms with Crippen LogP contribution in [0.3, 0.4) is 0 Å². The second kappa shape index (κ2) is 11.3. The fourth-order valence-corrected chi connectivity index (χ4v) is 4.42. The molecule has 0 saturated carbocycles. The molecule has 0 aliphatic heterocycles. The molecule has 6 nitrogen and oxygen atoms in total. The van der Waals surface area contributed by atoms with Gasteiger partial charge in [0.15, 0.2) is 0 Å². The van der Waals surface area contributed by atoms with Crippen LogP contribution < -0.4 is 0 Å². The van der Waals surface area contributed by atoms with E-state index in [1.165, 1.54) is 5.56 Å². The minimum Gasteiger partial charge on any atom is -0.473 e. The highest BCUT2D eigenvalue weighted by atomic mass is 35.5. The first kappa shape index (κ1) is 24.9. The maximum absolute atomic E-state index is 12.0. The van der Waals surface area contributed by atoms with Crippen LogP contribution in [0.15, 0.2) is 48.5 Å². The molecule has 0 amide bonds. The predicted molar refractivity (Wildman–Crippen MR) is 121 cm³/mol. The second-order valence-electron chi connectivity index (χ2n) is 8.10. The van der Waals surface area contributed by atoms with Crippen LogP contribution in [0, 0.1) is 0 Å². The molecule has 1 aliphatic rings. The zero-order valence-corrected chi connectivity index (χ0v) is 18.7. The normalized spacial score (nSPS) is 20.2. The van der Waals surface area contributed by atoms with Crippen LogP contribution in [0.5, 0.6) is 0 Å². The second-order valence-corrected chi connectivity index (χ2v) is 8.53. The summed E-state index contributed by atoms with van der Waals surface area (Å²) in [5, 5.41) is 27.5. The van der Waals surface area contributed by atoms with Crippen molar-refractivity contribution in [2.75, 3.05) is 20.6 Å². The summed E-state index contributed by atoms with van der Waals surface area (Å²) < 4.78 is 0. The number of aryl methyl sites for hydroxylation is 1. The number of hydrogen-bond donors (Lipinski definition) is 3. The lowest BCUT2D eigenvalue weighted by atomic mass is 9.73. The number of aliphatic carboxylic acids is 2. The Morgan fingerprint density at radius 1 is 1.10 bits per heavy atom. The van der Waals surface area contributed by atoms with E-state index in [0.29, 0.717) is 0 Å². The van der Waals surface area contributed by atoms with E-state index < -0.39 is 17.5 Å². The highest BCUT2D eigenvalue weighted by molar-refractivity contribution is 6.30. The summed E-state index contributed by atoms with van der Waals surface area (Å²) in [7, 11) is 4.17. The van der Waals surface area contributed by atoms with Crippen LogP contribution in [0.2, 0.25) is 5.02 Å². The van der Waals surface area contributed by atoms with Crippen LogP contribution in [0.1, 0.15) is 48.3 Å². The van der Waals surface area contributed by atoms with E-state index in [2.05, 4.69) is 49.3 Å². The molecule has 0 fully saturated rings. The number of carboxylic acid groups (broad SMARTS) is 2. The largest absolute Gasteiger partial charge is 0.473 e. The number of benzene rings is 2. The van der Waals surface area contributed by atoms with Gasteiger partial charge < -0.3 is 20.2 Å². The quantitative estimate of drug-likeness (QED) is 0.470. The van der Waals surface area contributed by atoms with Gasteiger partial charge in [-0.15, -0.1) is 0 Å². The van der Waals surface area contributed by atoms with E-state index in [1.807, 2.05) is 18.2 Å². The van der Waals surface area contributed by atoms with Gasteiger partial charge >= 0.3 is 11.9 Å². The van der Waals surface area contributed by atoms with E-state index >= 15 is 0 Å². The minimum atomic E-state index is -1.82. The van der Waals surface area contributed by atoms with Crippen molar-refractivity contribution in [1.82, 2.24) is 4.90 Å². The van der Waals surface area contributed by atoms with Crippen molar-refractivity contribution in [3.05, 3.63) is 70.2 Å². The molecular weight excluding hydrogens is 418 g/mol. The Labute approximate surface area is 188 Å². The average molecular weight is 448 g/mol. The topological polar surface area (TPSA) is 98.1 Å². The standard InChI is InChI=1S/C22H28ClNO.C2H2O4/c1-24(2)15-7-14-22(25)20-12-4-3-8-17(20)9-6-13-21(22)18-10-5-11-19(23)16-18;3-1(4)2(5)6/h3-5,8,10-12,16,21,25H,6-7,9,13-15H2,1-2H3;(H,3,4)(H,5,6)/t21-,22-;/m1./s1. The molecule has 2 aromatic rings. The van der Waals surface area contributed by atoms with E-state index in [0.717, 1.165) is 54.8 Å². The van der Waals surface area contributed by atoms with Crippen molar-refractivity contribution in [3.8, 4) is 0 Å². The van der Waals surface area contributed by atoms with Gasteiger partial charge in [0.2, 0.25) is 0 Å². The van der Waals surface area contributed by atoms with Crippen molar-refractivity contribution < 1.29 is 24.9 Å². The van der Waals surface area contributed by atoms with Gasteiger partial charge in [-0.2, -0.15) is 0 Å². The lowest BCUT2D eigenvalue weighted by molar-refractivity contribution is -0.159. The molecule has 0 bridgehead atoms. The van der Waals surface area contributed by atoms with Crippen LogP contribution in [-0.2, 0) is 21.6 Å². The molecule has 0 spiro atoms. The maximum Gasteiger partial charge on any atom is 0.414 e. The summed E-state index contributed by atoms with van der Waals surface area (Å²) in [5.74, 6) is -3.57. The third-order valence-electron chi connectivity index (χ3n) is 5.60. The number of hydrogen-bond acceptors (Lipinski definition) is 4. The first-order valence-corrected chi connectivity index (χ1v) is 10.7. The highest BCUT2D eigenvalue weighted by Crippen LogP contribution is 2.47. The fourth-order valence-electron chi connectivity index (χ4n) is 4.22. The Morgan fingerprint density at radius 2 is 1.77 bits per heavy atom. The first-order valence-electron chi connectivity index (χ1n) is 10.3. The number of aliphatic hydroxyl groups is 1. The molecule has 7 heteroatoms. The van der Waals surface area contributed by atoms with Gasteiger partial charge in [0.1, 0.15) is 0 Å². The van der Waals surface area contributed by atoms with Gasteiger partial charge in [0.25, 0.3) is 0 Å². The lowest BCUT2D eigenvalue weighted by Crippen LogP contribution is -2.34. The summed E-state index contributed by atoms with van der Waals surface area (Å²) in [6.07, 6.45) is 4.83. The molecule has 2 atom stereocenters. The van der Waals surface area contributed by atoms with E-state index in [1.54, 1.807) is 0 Å². The van der Waals surface area contributed by atoms with Crippen LogP contribution in [0.4, 0.5) is 0 Å². The van der Waals surface area contributed by atoms with Crippen molar-refractivity contribution in [2.45, 2.75) is 43.6 Å². The Morgan fingerprint density at radius 3 is 2.39 bits per heavy atom. The maximum atomic E-state index is 12.0. The van der Waals surface area contributed by atoms with Gasteiger partial charge in [-0.3, -0.25) is 0 Å². The first-order chi connectivity index (χ1) is 14.6. The summed E-state index contributed by atoms with van der Waals surface area (Å²) in [5.41, 5.74) is 2.71. The van der Waals surface area contributed by atoms with Gasteiger partial charge in [0, 0.05) is 10.9 Å². The third kappa shape index (κ3) is 6.79. The Bertz CT molecular complexity index is 889. The molecule has 2 aromatic carbocycles. The van der Waals surface area contributed by atoms with Gasteiger partial charge in [-0.25, -0.2) is 9.59 Å². The molecule has 0 heterocycles. The molecule has 31 heavy (non-hydrogen) atoms. The summed E-state index contributed by atoms with van der Waals surface area (Å²) >= 11 is 6.26. The van der Waals surface area contributed by atoms with Crippen molar-refractivity contribution in [3.63, 3.8) is 0 Å². The molecule has 1 aliphatic carbocycles. The van der Waals surface area contributed by atoms with Gasteiger partial charge in [0.05, 0.1) is 5.60 Å². The molecule has 0 unspecified atom stereocenters. The molecule has 168 valence electrons. The molecule has 0 saturated heterocycles. The molecule has 3 rings (SSSR count). The molecular formula is C24H30ClNO5. The van der Waals surface area contributed by atoms with Crippen molar-refractivity contribution >= 4 is 23.5 Å². The zero-order valence-electron chi connectivity index (χ0n) is 17.9. The third-order valence-corrected chi connectivity index (χ3v) is 5.83. The number of fused-ring (bicyclic) bond motifs is 1. The van der Waals surface area contributed by atoms with E-state index in [4.69, 9.17) is 31.4 Å². The Hall–Kier alpha value is -2.41. The number of carboxylic acids is 2. The summed E-state index contributed by atoms with van der Waals surface area (Å²) in [6.45, 7) is 0.979. The van der Waals surface area contributed by atoms with Crippen LogP contribution in [0.25, 0.3) is 0 Å². The number of carbonyl (C=O) groups is 2. The average Bonchev–Trinajstić information content (AvgIpc) is 2.85. The number of rotatable bonds is 5. The van der Waals surface area contributed by atoms with Crippen LogP contribution >= 0.6 is 11.6 Å². The highest BCUT2D eigenvalue weighted by Gasteiger charge is 2.41.